The second-order valence-electron chi connectivity index (χ2n) is 3.14. The minimum absolute atomic E-state index is 0.639. The van der Waals surface area contributed by atoms with Crippen molar-refractivity contribution in [2.75, 3.05) is 19.0 Å². The second kappa shape index (κ2) is 3.50. The molecule has 0 saturated heterocycles. The first-order valence-electron chi connectivity index (χ1n) is 4.39. The van der Waals surface area contributed by atoms with Gasteiger partial charge in [-0.25, -0.2) is 0 Å². The summed E-state index contributed by atoms with van der Waals surface area (Å²) in [5.41, 5.74) is 1.15. The van der Waals surface area contributed by atoms with Crippen LogP contribution in [0.4, 0.5) is 5.69 Å². The molecular weight excluding hydrogens is 182 g/mol. The number of benzene rings is 1. The first-order valence-corrected chi connectivity index (χ1v) is 5.27. The Labute approximate surface area is 82.7 Å². The minimum Gasteiger partial charge on any atom is -0.495 e. The molecule has 0 aliphatic carbocycles. The zero-order chi connectivity index (χ0) is 9.26. The van der Waals surface area contributed by atoms with E-state index in [1.807, 2.05) is 23.9 Å². The summed E-state index contributed by atoms with van der Waals surface area (Å²) in [6.45, 7) is 3.23. The van der Waals surface area contributed by atoms with Crippen LogP contribution in [0.2, 0.25) is 0 Å². The first kappa shape index (κ1) is 8.75. The van der Waals surface area contributed by atoms with Crippen molar-refractivity contribution in [2.45, 2.75) is 17.1 Å². The zero-order valence-electron chi connectivity index (χ0n) is 7.83. The molecule has 0 saturated carbocycles. The Kier molecular flexibility index (Phi) is 2.36. The number of hydrogen-bond donors (Lipinski definition) is 1. The Morgan fingerprint density at radius 3 is 3.15 bits per heavy atom. The summed E-state index contributed by atoms with van der Waals surface area (Å²) in [6, 6.07) is 6.15. The standard InChI is InChI=1S/C10H13NOS/c1-7-6-11-10-8(12-2)4-3-5-9(10)13-7/h3-5,7,11H,6H2,1-2H3. The van der Waals surface area contributed by atoms with Crippen LogP contribution in [0.25, 0.3) is 0 Å². The van der Waals surface area contributed by atoms with Crippen LogP contribution in [0.3, 0.4) is 0 Å². The van der Waals surface area contributed by atoms with Crippen LogP contribution < -0.4 is 10.1 Å². The molecule has 1 unspecified atom stereocenters. The maximum Gasteiger partial charge on any atom is 0.143 e. The number of hydrogen-bond acceptors (Lipinski definition) is 3. The average molecular weight is 195 g/mol. The Morgan fingerprint density at radius 2 is 2.38 bits per heavy atom. The Morgan fingerprint density at radius 1 is 1.54 bits per heavy atom. The fourth-order valence-corrected chi connectivity index (χ4v) is 2.51. The van der Waals surface area contributed by atoms with Gasteiger partial charge in [-0.15, -0.1) is 11.8 Å². The molecule has 0 aromatic heterocycles. The van der Waals surface area contributed by atoms with E-state index in [0.29, 0.717) is 5.25 Å². The summed E-state index contributed by atoms with van der Waals surface area (Å²) in [5, 5.41) is 4.02. The lowest BCUT2D eigenvalue weighted by molar-refractivity contribution is 0.415. The second-order valence-corrected chi connectivity index (χ2v) is 4.62. The molecule has 0 radical (unpaired) electrons. The number of para-hydroxylation sites is 1. The highest BCUT2D eigenvalue weighted by Crippen LogP contribution is 2.40. The predicted octanol–water partition coefficient (Wildman–Crippen LogP) is 2.60. The molecule has 3 heteroatoms. The molecule has 1 aliphatic rings. The topological polar surface area (TPSA) is 21.3 Å². The lowest BCUT2D eigenvalue weighted by Crippen LogP contribution is -2.18. The average Bonchev–Trinajstić information content (AvgIpc) is 2.16. The molecule has 0 bridgehead atoms. The van der Waals surface area contributed by atoms with E-state index in [4.69, 9.17) is 4.74 Å². The van der Waals surface area contributed by atoms with Gasteiger partial charge in [0, 0.05) is 16.7 Å². The van der Waals surface area contributed by atoms with Crippen LogP contribution in [0.1, 0.15) is 6.92 Å². The number of anilines is 1. The van der Waals surface area contributed by atoms with Gasteiger partial charge in [0.1, 0.15) is 5.75 Å². The van der Waals surface area contributed by atoms with Crippen LogP contribution in [-0.2, 0) is 0 Å². The predicted molar refractivity (Wildman–Crippen MR) is 56.8 cm³/mol. The monoisotopic (exact) mass is 195 g/mol. The number of nitrogens with one attached hydrogen (secondary N) is 1. The van der Waals surface area contributed by atoms with E-state index in [1.165, 1.54) is 4.90 Å². The molecule has 2 rings (SSSR count). The number of fused-ring (bicyclic) bond motifs is 1. The lowest BCUT2D eigenvalue weighted by Gasteiger charge is -2.24. The third-order valence-electron chi connectivity index (χ3n) is 2.10. The van der Waals surface area contributed by atoms with Gasteiger partial charge in [0.2, 0.25) is 0 Å². The summed E-state index contributed by atoms with van der Waals surface area (Å²) in [6.07, 6.45) is 0. The van der Waals surface area contributed by atoms with Crippen LogP contribution >= 0.6 is 11.8 Å². The number of thioether (sulfide) groups is 1. The number of methoxy groups -OCH3 is 1. The maximum absolute atomic E-state index is 5.27. The van der Waals surface area contributed by atoms with Crippen LogP contribution in [-0.4, -0.2) is 18.9 Å². The van der Waals surface area contributed by atoms with E-state index < -0.39 is 0 Å². The molecule has 1 heterocycles. The smallest absolute Gasteiger partial charge is 0.143 e. The molecule has 1 aliphatic heterocycles. The highest BCUT2D eigenvalue weighted by molar-refractivity contribution is 8.00. The van der Waals surface area contributed by atoms with Gasteiger partial charge >= 0.3 is 0 Å². The molecule has 1 aromatic carbocycles. The maximum atomic E-state index is 5.27. The van der Waals surface area contributed by atoms with Crippen molar-refractivity contribution < 1.29 is 4.74 Å². The Bertz CT molecular complexity index is 314. The van der Waals surface area contributed by atoms with E-state index >= 15 is 0 Å². The van der Waals surface area contributed by atoms with Crippen LogP contribution in [0.5, 0.6) is 5.75 Å². The van der Waals surface area contributed by atoms with Gasteiger partial charge in [-0.3, -0.25) is 0 Å². The molecule has 1 N–H and O–H groups in total. The van der Waals surface area contributed by atoms with Crippen molar-refractivity contribution in [3.05, 3.63) is 18.2 Å². The van der Waals surface area contributed by atoms with Crippen molar-refractivity contribution in [1.82, 2.24) is 0 Å². The van der Waals surface area contributed by atoms with E-state index in [2.05, 4.69) is 18.3 Å². The highest BCUT2D eigenvalue weighted by Gasteiger charge is 2.17. The van der Waals surface area contributed by atoms with E-state index in [-0.39, 0.29) is 0 Å². The summed E-state index contributed by atoms with van der Waals surface area (Å²) in [5.74, 6) is 0.942. The summed E-state index contributed by atoms with van der Waals surface area (Å²) in [4.78, 5) is 1.29. The Hall–Kier alpha value is -0.830. The summed E-state index contributed by atoms with van der Waals surface area (Å²) in [7, 11) is 1.71. The fourth-order valence-electron chi connectivity index (χ4n) is 1.46. The van der Waals surface area contributed by atoms with E-state index in [0.717, 1.165) is 18.0 Å². The molecule has 0 amide bonds. The van der Waals surface area contributed by atoms with Crippen molar-refractivity contribution in [1.29, 1.82) is 0 Å². The molecule has 0 fully saturated rings. The molecule has 13 heavy (non-hydrogen) atoms. The van der Waals surface area contributed by atoms with E-state index in [1.54, 1.807) is 7.11 Å². The third kappa shape index (κ3) is 1.61. The minimum atomic E-state index is 0.639. The quantitative estimate of drug-likeness (QED) is 0.744. The SMILES string of the molecule is COc1cccc2c1NCC(C)S2. The van der Waals surface area contributed by atoms with Gasteiger partial charge in [0.05, 0.1) is 12.8 Å². The largest absolute Gasteiger partial charge is 0.495 e. The van der Waals surface area contributed by atoms with Crippen molar-refractivity contribution in [2.24, 2.45) is 0 Å². The highest BCUT2D eigenvalue weighted by atomic mass is 32.2. The van der Waals surface area contributed by atoms with Crippen molar-refractivity contribution in [3.8, 4) is 5.75 Å². The van der Waals surface area contributed by atoms with Crippen LogP contribution in [0.15, 0.2) is 23.1 Å². The zero-order valence-corrected chi connectivity index (χ0v) is 8.65. The van der Waals surface area contributed by atoms with Gasteiger partial charge in [0.25, 0.3) is 0 Å². The molecule has 0 spiro atoms. The van der Waals surface area contributed by atoms with E-state index in [9.17, 15) is 0 Å². The van der Waals surface area contributed by atoms with Gasteiger partial charge in [-0.1, -0.05) is 13.0 Å². The van der Waals surface area contributed by atoms with Gasteiger partial charge in [-0.05, 0) is 12.1 Å². The molecular formula is C10H13NOS. The fraction of sp³-hybridized carbons (Fsp3) is 0.400. The third-order valence-corrected chi connectivity index (χ3v) is 3.27. The lowest BCUT2D eigenvalue weighted by atomic mass is 10.2. The van der Waals surface area contributed by atoms with Crippen molar-refractivity contribution in [3.63, 3.8) is 0 Å². The number of ether oxygens (including phenoxy) is 1. The summed E-state index contributed by atoms with van der Waals surface area (Å²) >= 11 is 1.90. The normalized spacial score (nSPS) is 20.3. The van der Waals surface area contributed by atoms with Gasteiger partial charge in [-0.2, -0.15) is 0 Å². The molecule has 1 aromatic rings. The molecule has 70 valence electrons. The van der Waals surface area contributed by atoms with Crippen LogP contribution in [0, 0.1) is 0 Å². The van der Waals surface area contributed by atoms with Gasteiger partial charge in [0.15, 0.2) is 0 Å². The van der Waals surface area contributed by atoms with Crippen molar-refractivity contribution >= 4 is 17.4 Å². The first-order chi connectivity index (χ1) is 6.31. The molecule has 2 nitrogen and oxygen atoms in total. The van der Waals surface area contributed by atoms with Gasteiger partial charge < -0.3 is 10.1 Å². The Balaban J connectivity index is 2.39. The molecule has 1 atom stereocenters. The summed E-state index contributed by atoms with van der Waals surface area (Å²) < 4.78 is 5.27. The number of rotatable bonds is 1.